The largest absolute Gasteiger partial charge is 0.348 e. The average molecular weight is 199 g/mol. The number of ether oxygens (including phenoxy) is 2. The number of carbonyl (C=O) groups excluding carboxylic acids is 1. The molecular formula is C10H17NO3. The van der Waals surface area contributed by atoms with E-state index in [1.54, 1.807) is 11.9 Å². The highest BCUT2D eigenvalue weighted by Gasteiger charge is 2.33. The zero-order chi connectivity index (χ0) is 10.8. The van der Waals surface area contributed by atoms with Gasteiger partial charge in [0.25, 0.3) is 0 Å². The third kappa shape index (κ3) is 2.82. The minimum absolute atomic E-state index is 0.0427. The van der Waals surface area contributed by atoms with Gasteiger partial charge in [-0.05, 0) is 19.9 Å². The molecule has 0 bridgehead atoms. The Morgan fingerprint density at radius 3 is 2.79 bits per heavy atom. The Labute approximate surface area is 84.5 Å². The van der Waals surface area contributed by atoms with Crippen molar-refractivity contribution in [2.45, 2.75) is 25.7 Å². The van der Waals surface area contributed by atoms with Crippen molar-refractivity contribution in [2.24, 2.45) is 0 Å². The van der Waals surface area contributed by atoms with Gasteiger partial charge in [-0.15, -0.1) is 0 Å². The normalized spacial score (nSPS) is 24.6. The summed E-state index contributed by atoms with van der Waals surface area (Å²) in [6.07, 6.45) is 1.25. The number of hydrogen-bond donors (Lipinski definition) is 0. The highest BCUT2D eigenvalue weighted by Crippen LogP contribution is 2.22. The van der Waals surface area contributed by atoms with Gasteiger partial charge >= 0.3 is 0 Å². The molecule has 0 N–H and O–H groups in total. The van der Waals surface area contributed by atoms with E-state index in [-0.39, 0.29) is 12.0 Å². The van der Waals surface area contributed by atoms with E-state index in [0.717, 1.165) is 0 Å². The zero-order valence-electron chi connectivity index (χ0n) is 8.95. The van der Waals surface area contributed by atoms with E-state index in [9.17, 15) is 4.79 Å². The average Bonchev–Trinajstić information content (AvgIpc) is 2.44. The molecule has 1 heterocycles. The van der Waals surface area contributed by atoms with Gasteiger partial charge in [0.15, 0.2) is 5.79 Å². The Bertz CT molecular complexity index is 238. The van der Waals surface area contributed by atoms with E-state index >= 15 is 0 Å². The van der Waals surface area contributed by atoms with Crippen LogP contribution in [-0.2, 0) is 14.3 Å². The first-order chi connectivity index (χ1) is 6.44. The lowest BCUT2D eigenvalue weighted by Crippen LogP contribution is -2.35. The lowest BCUT2D eigenvalue weighted by molar-refractivity contribution is -0.143. The molecule has 1 atom stereocenters. The first-order valence-electron chi connectivity index (χ1n) is 4.64. The monoisotopic (exact) mass is 199 g/mol. The fourth-order valence-corrected chi connectivity index (χ4v) is 1.40. The molecule has 1 aliphatic rings. The van der Waals surface area contributed by atoms with Crippen LogP contribution in [-0.4, -0.2) is 42.9 Å². The van der Waals surface area contributed by atoms with Crippen molar-refractivity contribution in [1.29, 1.82) is 0 Å². The summed E-state index contributed by atoms with van der Waals surface area (Å²) < 4.78 is 10.9. The van der Waals surface area contributed by atoms with E-state index in [2.05, 4.69) is 6.58 Å². The standard InChI is InChI=1S/C10H17NO3/c1-5-9(12)11(4)6-8-7-13-10(2,3)14-8/h5,8H,1,6-7H2,2-4H3. The minimum Gasteiger partial charge on any atom is -0.348 e. The van der Waals surface area contributed by atoms with Crippen molar-refractivity contribution in [2.75, 3.05) is 20.2 Å². The van der Waals surface area contributed by atoms with Gasteiger partial charge in [0.05, 0.1) is 6.61 Å². The summed E-state index contributed by atoms with van der Waals surface area (Å²) in [5, 5.41) is 0. The molecule has 4 nitrogen and oxygen atoms in total. The summed E-state index contributed by atoms with van der Waals surface area (Å²) in [4.78, 5) is 12.7. The third-order valence-corrected chi connectivity index (χ3v) is 2.10. The Morgan fingerprint density at radius 2 is 2.36 bits per heavy atom. The zero-order valence-corrected chi connectivity index (χ0v) is 8.95. The Morgan fingerprint density at radius 1 is 1.71 bits per heavy atom. The van der Waals surface area contributed by atoms with E-state index in [0.29, 0.717) is 13.2 Å². The van der Waals surface area contributed by atoms with Crippen LogP contribution >= 0.6 is 0 Å². The predicted molar refractivity (Wildman–Crippen MR) is 52.7 cm³/mol. The second-order valence-electron chi connectivity index (χ2n) is 3.87. The second-order valence-corrected chi connectivity index (χ2v) is 3.87. The number of likely N-dealkylation sites (N-methyl/N-ethyl adjacent to an activating group) is 1. The van der Waals surface area contributed by atoms with Gasteiger partial charge in [-0.2, -0.15) is 0 Å². The van der Waals surface area contributed by atoms with Crippen LogP contribution in [0.25, 0.3) is 0 Å². The number of nitrogens with zero attached hydrogens (tertiary/aromatic N) is 1. The quantitative estimate of drug-likeness (QED) is 0.630. The van der Waals surface area contributed by atoms with Gasteiger partial charge in [0.2, 0.25) is 5.91 Å². The van der Waals surface area contributed by atoms with E-state index < -0.39 is 5.79 Å². The first-order valence-corrected chi connectivity index (χ1v) is 4.64. The van der Waals surface area contributed by atoms with Crippen LogP contribution in [0.5, 0.6) is 0 Å². The molecule has 80 valence electrons. The van der Waals surface area contributed by atoms with Crippen molar-refractivity contribution >= 4 is 5.91 Å². The van der Waals surface area contributed by atoms with Crippen LogP contribution in [0.15, 0.2) is 12.7 Å². The molecular weight excluding hydrogens is 182 g/mol. The van der Waals surface area contributed by atoms with Crippen LogP contribution in [0.2, 0.25) is 0 Å². The van der Waals surface area contributed by atoms with Crippen molar-refractivity contribution in [3.63, 3.8) is 0 Å². The molecule has 1 aliphatic heterocycles. The molecule has 4 heteroatoms. The molecule has 0 aliphatic carbocycles. The molecule has 0 spiro atoms. The summed E-state index contributed by atoms with van der Waals surface area (Å²) in [7, 11) is 1.72. The summed E-state index contributed by atoms with van der Waals surface area (Å²) >= 11 is 0. The highest BCUT2D eigenvalue weighted by atomic mass is 16.7. The Kier molecular flexibility index (Phi) is 3.29. The minimum atomic E-state index is -0.525. The summed E-state index contributed by atoms with van der Waals surface area (Å²) in [6.45, 7) is 8.21. The van der Waals surface area contributed by atoms with Crippen molar-refractivity contribution in [1.82, 2.24) is 4.90 Å². The Hall–Kier alpha value is -0.870. The van der Waals surface area contributed by atoms with E-state index in [1.165, 1.54) is 6.08 Å². The maximum atomic E-state index is 11.2. The predicted octanol–water partition coefficient (Wildman–Crippen LogP) is 0.782. The fourth-order valence-electron chi connectivity index (χ4n) is 1.40. The molecule has 1 saturated heterocycles. The lowest BCUT2D eigenvalue weighted by Gasteiger charge is -2.21. The summed E-state index contributed by atoms with van der Waals surface area (Å²) in [6, 6.07) is 0. The molecule has 0 radical (unpaired) electrons. The topological polar surface area (TPSA) is 38.8 Å². The smallest absolute Gasteiger partial charge is 0.245 e. The van der Waals surface area contributed by atoms with Gasteiger partial charge in [0.1, 0.15) is 6.10 Å². The van der Waals surface area contributed by atoms with Crippen molar-refractivity contribution in [3.05, 3.63) is 12.7 Å². The van der Waals surface area contributed by atoms with Crippen LogP contribution in [0.3, 0.4) is 0 Å². The van der Waals surface area contributed by atoms with Gasteiger partial charge in [-0.25, -0.2) is 0 Å². The maximum Gasteiger partial charge on any atom is 0.245 e. The van der Waals surface area contributed by atoms with Crippen LogP contribution in [0, 0.1) is 0 Å². The Balaban J connectivity index is 2.39. The SMILES string of the molecule is C=CC(=O)N(C)CC1COC(C)(C)O1. The van der Waals surface area contributed by atoms with Crippen LogP contribution in [0.1, 0.15) is 13.8 Å². The van der Waals surface area contributed by atoms with Gasteiger partial charge in [-0.3, -0.25) is 4.79 Å². The van der Waals surface area contributed by atoms with E-state index in [4.69, 9.17) is 9.47 Å². The summed E-state index contributed by atoms with van der Waals surface area (Å²) in [5.74, 6) is -0.624. The van der Waals surface area contributed by atoms with Crippen molar-refractivity contribution < 1.29 is 14.3 Å². The lowest BCUT2D eigenvalue weighted by atomic mass is 10.3. The van der Waals surface area contributed by atoms with Gasteiger partial charge in [0, 0.05) is 13.6 Å². The van der Waals surface area contributed by atoms with Crippen LogP contribution in [0.4, 0.5) is 0 Å². The van der Waals surface area contributed by atoms with E-state index in [1.807, 2.05) is 13.8 Å². The number of amides is 1. The molecule has 0 saturated carbocycles. The third-order valence-electron chi connectivity index (χ3n) is 2.10. The summed E-state index contributed by atoms with van der Waals surface area (Å²) in [5.41, 5.74) is 0. The molecule has 1 unspecified atom stereocenters. The van der Waals surface area contributed by atoms with Crippen molar-refractivity contribution in [3.8, 4) is 0 Å². The molecule has 0 aromatic carbocycles. The molecule has 1 amide bonds. The molecule has 0 aromatic rings. The molecule has 14 heavy (non-hydrogen) atoms. The maximum absolute atomic E-state index is 11.2. The number of carbonyl (C=O) groups is 1. The van der Waals surface area contributed by atoms with Gasteiger partial charge < -0.3 is 14.4 Å². The number of hydrogen-bond acceptors (Lipinski definition) is 3. The first kappa shape index (κ1) is 11.2. The van der Waals surface area contributed by atoms with Gasteiger partial charge in [-0.1, -0.05) is 6.58 Å². The molecule has 1 rings (SSSR count). The second kappa shape index (κ2) is 4.11. The fraction of sp³-hybridized carbons (Fsp3) is 0.700. The molecule has 1 fully saturated rings. The highest BCUT2D eigenvalue weighted by molar-refractivity contribution is 5.86. The number of rotatable bonds is 3. The van der Waals surface area contributed by atoms with Crippen LogP contribution < -0.4 is 0 Å². The molecule has 0 aromatic heterocycles.